The van der Waals surface area contributed by atoms with E-state index >= 15 is 0 Å². The van der Waals surface area contributed by atoms with Crippen LogP contribution in [0.1, 0.15) is 30.0 Å². The maximum Gasteiger partial charge on any atom is 0.258 e. The van der Waals surface area contributed by atoms with Crippen molar-refractivity contribution in [3.05, 3.63) is 100 Å². The highest BCUT2D eigenvalue weighted by molar-refractivity contribution is 7.80. The summed E-state index contributed by atoms with van der Waals surface area (Å²) in [5, 5.41) is 9.85. The zero-order valence-corrected chi connectivity index (χ0v) is 19.1. The maximum absolute atomic E-state index is 14.1. The topological polar surface area (TPSA) is 54.2 Å². The molecule has 0 spiro atoms. The summed E-state index contributed by atoms with van der Waals surface area (Å²) in [4.78, 5) is 7.40. The van der Waals surface area contributed by atoms with Gasteiger partial charge in [0, 0.05) is 12.2 Å². The average Bonchev–Trinajstić information content (AvgIpc) is 3.50. The van der Waals surface area contributed by atoms with E-state index in [0.717, 1.165) is 16.1 Å². The van der Waals surface area contributed by atoms with Crippen molar-refractivity contribution in [2.24, 2.45) is 0 Å². The fourth-order valence-corrected chi connectivity index (χ4v) is 4.76. The number of nitrogens with zero attached hydrogens (tertiary/aromatic N) is 3. The lowest BCUT2D eigenvalue weighted by Crippen LogP contribution is -2.45. The van der Waals surface area contributed by atoms with Gasteiger partial charge in [0.25, 0.3) is 5.89 Å². The second-order valence-corrected chi connectivity index (χ2v) is 8.88. The van der Waals surface area contributed by atoms with E-state index in [9.17, 15) is 8.78 Å². The molecule has 0 fully saturated rings. The summed E-state index contributed by atoms with van der Waals surface area (Å²) < 4.78 is 33.1. The Bertz CT molecular complexity index is 1330. The summed E-state index contributed by atoms with van der Waals surface area (Å²) >= 11 is 7.17. The van der Waals surface area contributed by atoms with Crippen LogP contribution in [0.25, 0.3) is 16.3 Å². The molecule has 1 unspecified atom stereocenters. The number of hydrogen-bond acceptors (Lipinski definition) is 5. The van der Waals surface area contributed by atoms with Gasteiger partial charge in [0.05, 0.1) is 16.5 Å². The molecule has 33 heavy (non-hydrogen) atoms. The summed E-state index contributed by atoms with van der Waals surface area (Å²) in [5.74, 6) is 0.153. The van der Waals surface area contributed by atoms with Crippen molar-refractivity contribution in [2.75, 3.05) is 0 Å². The van der Waals surface area contributed by atoms with Crippen LogP contribution >= 0.6 is 23.6 Å². The van der Waals surface area contributed by atoms with Gasteiger partial charge < -0.3 is 14.7 Å². The van der Waals surface area contributed by atoms with Gasteiger partial charge in [-0.1, -0.05) is 35.5 Å². The molecule has 1 atom stereocenters. The zero-order valence-electron chi connectivity index (χ0n) is 17.5. The molecule has 1 aliphatic rings. The minimum absolute atomic E-state index is 0.302. The monoisotopic (exact) mass is 480 g/mol. The van der Waals surface area contributed by atoms with Crippen LogP contribution in [-0.4, -0.2) is 20.2 Å². The lowest BCUT2D eigenvalue weighted by Gasteiger charge is -2.37. The van der Waals surface area contributed by atoms with Crippen molar-refractivity contribution in [3.8, 4) is 10.7 Å². The van der Waals surface area contributed by atoms with Gasteiger partial charge >= 0.3 is 0 Å². The highest BCUT2D eigenvalue weighted by Crippen LogP contribution is 2.38. The molecule has 4 aromatic rings. The Morgan fingerprint density at radius 3 is 2.64 bits per heavy atom. The minimum atomic E-state index is -0.477. The molecule has 3 heterocycles. The van der Waals surface area contributed by atoms with Gasteiger partial charge in [0.15, 0.2) is 5.11 Å². The number of thiophene rings is 1. The summed E-state index contributed by atoms with van der Waals surface area (Å²) in [6.45, 7) is 2.33. The van der Waals surface area contributed by atoms with Gasteiger partial charge in [0.1, 0.15) is 11.6 Å². The van der Waals surface area contributed by atoms with Gasteiger partial charge in [-0.05, 0) is 66.0 Å². The SMILES string of the molecule is CC1=C(c2nc(-c3cccs3)no2)C(c2cccc(F)c2)NC(=S)N1Cc1ccc(F)cc1. The second-order valence-electron chi connectivity index (χ2n) is 7.55. The Labute approximate surface area is 198 Å². The third-order valence-electron chi connectivity index (χ3n) is 5.43. The quantitative estimate of drug-likeness (QED) is 0.357. The van der Waals surface area contributed by atoms with Crippen LogP contribution in [0, 0.1) is 11.6 Å². The van der Waals surface area contributed by atoms with Crippen LogP contribution in [0.3, 0.4) is 0 Å². The van der Waals surface area contributed by atoms with E-state index in [0.29, 0.717) is 34.5 Å². The fourth-order valence-electron chi connectivity index (χ4n) is 3.80. The number of benzene rings is 2. The lowest BCUT2D eigenvalue weighted by atomic mass is 9.94. The number of nitrogens with one attached hydrogen (secondary N) is 1. The highest BCUT2D eigenvalue weighted by atomic mass is 32.1. The Balaban J connectivity index is 1.60. The largest absolute Gasteiger partial charge is 0.351 e. The third kappa shape index (κ3) is 4.29. The predicted molar refractivity (Wildman–Crippen MR) is 127 cm³/mol. The molecule has 166 valence electrons. The van der Waals surface area contributed by atoms with E-state index in [1.54, 1.807) is 18.2 Å². The molecule has 0 saturated carbocycles. The molecule has 0 saturated heterocycles. The number of thiocarbonyl (C=S) groups is 1. The third-order valence-corrected chi connectivity index (χ3v) is 6.63. The van der Waals surface area contributed by atoms with E-state index in [2.05, 4.69) is 15.5 Å². The average molecular weight is 481 g/mol. The smallest absolute Gasteiger partial charge is 0.258 e. The summed E-state index contributed by atoms with van der Waals surface area (Å²) in [6.07, 6.45) is 0. The molecule has 0 amide bonds. The molecule has 2 aromatic carbocycles. The molecule has 5 nitrogen and oxygen atoms in total. The zero-order chi connectivity index (χ0) is 22.9. The normalized spacial score (nSPS) is 16.3. The Hall–Kier alpha value is -3.43. The van der Waals surface area contributed by atoms with Crippen LogP contribution < -0.4 is 5.32 Å². The first-order valence-corrected chi connectivity index (χ1v) is 11.4. The fraction of sp³-hybridized carbons (Fsp3) is 0.125. The van der Waals surface area contributed by atoms with Crippen molar-refractivity contribution < 1.29 is 13.3 Å². The molecule has 0 bridgehead atoms. The van der Waals surface area contributed by atoms with Crippen molar-refractivity contribution in [1.29, 1.82) is 0 Å². The number of hydrogen-bond donors (Lipinski definition) is 1. The van der Waals surface area contributed by atoms with Gasteiger partial charge in [-0.25, -0.2) is 8.78 Å². The van der Waals surface area contributed by atoms with Crippen molar-refractivity contribution >= 4 is 34.2 Å². The molecule has 0 radical (unpaired) electrons. The molecular weight excluding hydrogens is 462 g/mol. The van der Waals surface area contributed by atoms with E-state index in [1.165, 1.54) is 35.6 Å². The van der Waals surface area contributed by atoms with Crippen molar-refractivity contribution in [3.63, 3.8) is 0 Å². The first kappa shape index (κ1) is 21.4. The number of rotatable bonds is 5. The molecular formula is C24H18F2N4OS2. The molecule has 2 aromatic heterocycles. The van der Waals surface area contributed by atoms with Crippen molar-refractivity contribution in [2.45, 2.75) is 19.5 Å². The number of allylic oxidation sites excluding steroid dienone is 1. The molecule has 5 rings (SSSR count). The summed E-state index contributed by atoms with van der Waals surface area (Å²) in [5.41, 5.74) is 3.06. The first-order valence-electron chi connectivity index (χ1n) is 10.2. The number of halogens is 2. The molecule has 0 aliphatic carbocycles. The van der Waals surface area contributed by atoms with Crippen molar-refractivity contribution in [1.82, 2.24) is 20.4 Å². The standard InChI is InChI=1S/C24H18F2N4OS2/c1-14-20(23-28-22(29-31-23)19-6-3-11-33-19)21(16-4-2-5-18(26)12-16)27-24(32)30(14)13-15-7-9-17(25)10-8-15/h2-12,21H,13H2,1H3,(H,27,32). The van der Waals surface area contributed by atoms with Gasteiger partial charge in [0.2, 0.25) is 5.82 Å². The van der Waals surface area contributed by atoms with Gasteiger partial charge in [-0.3, -0.25) is 0 Å². The first-order chi connectivity index (χ1) is 16.0. The molecule has 1 aliphatic heterocycles. The highest BCUT2D eigenvalue weighted by Gasteiger charge is 2.34. The molecule has 1 N–H and O–H groups in total. The van der Waals surface area contributed by atoms with Crippen LogP contribution in [0.2, 0.25) is 0 Å². The summed E-state index contributed by atoms with van der Waals surface area (Å²) in [6, 6.07) is 15.9. The van der Waals surface area contributed by atoms with E-state index in [4.69, 9.17) is 16.7 Å². The van der Waals surface area contributed by atoms with E-state index in [-0.39, 0.29) is 11.6 Å². The lowest BCUT2D eigenvalue weighted by molar-refractivity contribution is 0.396. The van der Waals surface area contributed by atoms with Crippen LogP contribution in [0.15, 0.2) is 76.3 Å². The Morgan fingerprint density at radius 2 is 1.91 bits per heavy atom. The maximum atomic E-state index is 14.1. The van der Waals surface area contributed by atoms with E-state index in [1.807, 2.05) is 35.4 Å². The Morgan fingerprint density at radius 1 is 1.09 bits per heavy atom. The van der Waals surface area contributed by atoms with Crippen LogP contribution in [0.5, 0.6) is 0 Å². The Kier molecular flexibility index (Phi) is 5.74. The van der Waals surface area contributed by atoms with Gasteiger partial charge in [-0.15, -0.1) is 11.3 Å². The predicted octanol–water partition coefficient (Wildman–Crippen LogP) is 5.94. The summed E-state index contributed by atoms with van der Waals surface area (Å²) in [7, 11) is 0. The van der Waals surface area contributed by atoms with Crippen LogP contribution in [0.4, 0.5) is 8.78 Å². The van der Waals surface area contributed by atoms with Gasteiger partial charge in [-0.2, -0.15) is 4.98 Å². The molecule has 9 heteroatoms. The second kappa shape index (κ2) is 8.84. The minimum Gasteiger partial charge on any atom is -0.351 e. The van der Waals surface area contributed by atoms with E-state index < -0.39 is 6.04 Å². The van der Waals surface area contributed by atoms with Crippen LogP contribution in [-0.2, 0) is 6.54 Å². The number of aromatic nitrogens is 2.